The van der Waals surface area contributed by atoms with Gasteiger partial charge in [0, 0.05) is 71.2 Å². The molecule has 0 saturated heterocycles. The zero-order valence-electron chi connectivity index (χ0n) is 33.5. The van der Waals surface area contributed by atoms with Crippen LogP contribution in [0.25, 0.3) is 36.9 Å². The Morgan fingerprint density at radius 3 is 1.20 bits per heavy atom. The summed E-state index contributed by atoms with van der Waals surface area (Å²) in [6.45, 7) is 4.62. The standard InChI is InChI=1S/C57H41N3S/c1-40-35-41-36-49(39-54(57(41)51-30-18-17-29-50(40)51)60(45-25-13-5-14-26-45)46-27-15-6-16-28-46)59(44-23-11-4-12-24-44)48-32-34-56-53(38-48)52-37-47(31-33-55(52)61-56)58(42-19-7-2-8-20-42)43-21-9-3-10-22-43/h2-34,36-39H,1,35H2. The van der Waals surface area contributed by atoms with Gasteiger partial charge in [-0.15, -0.1) is 11.3 Å². The van der Waals surface area contributed by atoms with Gasteiger partial charge in [0.1, 0.15) is 0 Å². The van der Waals surface area contributed by atoms with Crippen LogP contribution in [-0.4, -0.2) is 0 Å². The van der Waals surface area contributed by atoms with Gasteiger partial charge in [-0.2, -0.15) is 0 Å². The lowest BCUT2D eigenvalue weighted by Gasteiger charge is -2.34. The number of hydrogen-bond donors (Lipinski definition) is 0. The first-order chi connectivity index (χ1) is 30.2. The number of allylic oxidation sites excluding steroid dienone is 1. The van der Waals surface area contributed by atoms with Crippen LogP contribution in [-0.2, 0) is 6.42 Å². The van der Waals surface area contributed by atoms with Crippen LogP contribution in [0.2, 0.25) is 0 Å². The Kier molecular flexibility index (Phi) is 9.26. The Bertz CT molecular complexity index is 3100. The van der Waals surface area contributed by atoms with E-state index in [0.29, 0.717) is 0 Å². The number of rotatable bonds is 9. The van der Waals surface area contributed by atoms with Crippen molar-refractivity contribution < 1.29 is 0 Å². The molecule has 0 N–H and O–H groups in total. The molecule has 61 heavy (non-hydrogen) atoms. The highest BCUT2D eigenvalue weighted by molar-refractivity contribution is 7.25. The van der Waals surface area contributed by atoms with E-state index in [1.54, 1.807) is 0 Å². The Morgan fingerprint density at radius 2 is 0.738 bits per heavy atom. The second-order valence-electron chi connectivity index (χ2n) is 15.5. The largest absolute Gasteiger partial charge is 0.310 e. The fourth-order valence-corrected chi connectivity index (χ4v) is 10.1. The van der Waals surface area contributed by atoms with Crippen LogP contribution in [0.4, 0.5) is 51.2 Å². The second-order valence-corrected chi connectivity index (χ2v) is 16.6. The minimum Gasteiger partial charge on any atom is -0.310 e. The lowest BCUT2D eigenvalue weighted by molar-refractivity contribution is 1.19. The van der Waals surface area contributed by atoms with E-state index in [9.17, 15) is 0 Å². The number of thiophene rings is 1. The Morgan fingerprint density at radius 1 is 0.344 bits per heavy atom. The average Bonchev–Trinajstić information content (AvgIpc) is 3.68. The van der Waals surface area contributed by atoms with Gasteiger partial charge in [0.05, 0.1) is 5.69 Å². The molecular formula is C57H41N3S. The van der Waals surface area contributed by atoms with Crippen LogP contribution >= 0.6 is 11.3 Å². The van der Waals surface area contributed by atoms with E-state index in [2.05, 4.69) is 246 Å². The van der Waals surface area contributed by atoms with Crippen molar-refractivity contribution in [2.75, 3.05) is 14.7 Å². The first-order valence-electron chi connectivity index (χ1n) is 20.7. The summed E-state index contributed by atoms with van der Waals surface area (Å²) in [5, 5.41) is 2.47. The van der Waals surface area contributed by atoms with Crippen LogP contribution in [0.3, 0.4) is 0 Å². The molecule has 0 saturated carbocycles. The predicted octanol–water partition coefficient (Wildman–Crippen LogP) is 16.7. The van der Waals surface area contributed by atoms with E-state index in [1.807, 2.05) is 11.3 Å². The minimum atomic E-state index is 0.754. The zero-order chi connectivity index (χ0) is 40.7. The molecule has 1 aliphatic rings. The van der Waals surface area contributed by atoms with Crippen molar-refractivity contribution in [2.24, 2.45) is 0 Å². The van der Waals surface area contributed by atoms with Crippen LogP contribution in [0, 0.1) is 0 Å². The molecule has 1 heterocycles. The third kappa shape index (κ3) is 6.64. The van der Waals surface area contributed by atoms with E-state index < -0.39 is 0 Å². The third-order valence-electron chi connectivity index (χ3n) is 11.7. The van der Waals surface area contributed by atoms with Gasteiger partial charge in [-0.25, -0.2) is 0 Å². The molecule has 0 unspecified atom stereocenters. The van der Waals surface area contributed by atoms with Gasteiger partial charge in [-0.1, -0.05) is 122 Å². The van der Waals surface area contributed by atoms with Crippen molar-refractivity contribution in [3.8, 4) is 11.1 Å². The third-order valence-corrected chi connectivity index (χ3v) is 12.8. The Labute approximate surface area is 361 Å². The first kappa shape index (κ1) is 36.4. The summed E-state index contributed by atoms with van der Waals surface area (Å²) in [7, 11) is 0. The van der Waals surface area contributed by atoms with Crippen molar-refractivity contribution >= 4 is 88.3 Å². The van der Waals surface area contributed by atoms with Crippen molar-refractivity contribution in [3.05, 3.63) is 242 Å². The molecule has 10 aromatic rings. The van der Waals surface area contributed by atoms with Gasteiger partial charge in [0.2, 0.25) is 0 Å². The van der Waals surface area contributed by atoms with Gasteiger partial charge in [0.25, 0.3) is 0 Å². The van der Waals surface area contributed by atoms with Gasteiger partial charge in [0.15, 0.2) is 0 Å². The number of anilines is 9. The lowest BCUT2D eigenvalue weighted by Crippen LogP contribution is -2.17. The number of para-hydroxylation sites is 5. The molecule has 0 atom stereocenters. The maximum absolute atomic E-state index is 4.62. The van der Waals surface area contributed by atoms with Crippen molar-refractivity contribution in [1.29, 1.82) is 0 Å². The van der Waals surface area contributed by atoms with Crippen molar-refractivity contribution in [1.82, 2.24) is 0 Å². The SMILES string of the molecule is C=C1Cc2cc(N(c3ccccc3)c3ccc4sc5ccc(N(c6ccccc6)c6ccccc6)cc5c4c3)cc(N(c3ccccc3)c3ccccc3)c2-c2ccccc21. The molecule has 1 aromatic heterocycles. The summed E-state index contributed by atoms with van der Waals surface area (Å²) in [6, 6.07) is 80.9. The summed E-state index contributed by atoms with van der Waals surface area (Å²) in [4.78, 5) is 7.18. The van der Waals surface area contributed by atoms with Crippen LogP contribution < -0.4 is 14.7 Å². The quantitative estimate of drug-likeness (QED) is 0.144. The zero-order valence-corrected chi connectivity index (χ0v) is 34.3. The molecule has 4 heteroatoms. The highest BCUT2D eigenvalue weighted by Gasteiger charge is 2.28. The molecule has 0 spiro atoms. The number of nitrogens with zero attached hydrogens (tertiary/aromatic N) is 3. The monoisotopic (exact) mass is 799 g/mol. The number of benzene rings is 9. The maximum atomic E-state index is 4.62. The smallest absolute Gasteiger partial charge is 0.0564 e. The minimum absolute atomic E-state index is 0.754. The summed E-state index contributed by atoms with van der Waals surface area (Å²) < 4.78 is 2.52. The van der Waals surface area contributed by atoms with Crippen molar-refractivity contribution in [3.63, 3.8) is 0 Å². The van der Waals surface area contributed by atoms with Crippen LogP contribution in [0.5, 0.6) is 0 Å². The summed E-state index contributed by atoms with van der Waals surface area (Å²) in [5.41, 5.74) is 16.0. The molecule has 0 fully saturated rings. The summed E-state index contributed by atoms with van der Waals surface area (Å²) >= 11 is 1.85. The van der Waals surface area contributed by atoms with Gasteiger partial charge in [-0.3, -0.25) is 0 Å². The molecule has 0 aliphatic heterocycles. The summed E-state index contributed by atoms with van der Waals surface area (Å²) in [6.07, 6.45) is 0.754. The van der Waals surface area contributed by atoms with Crippen molar-refractivity contribution in [2.45, 2.75) is 6.42 Å². The highest BCUT2D eigenvalue weighted by atomic mass is 32.1. The Hall–Kier alpha value is -7.66. The van der Waals surface area contributed by atoms with Gasteiger partial charge >= 0.3 is 0 Å². The molecule has 0 radical (unpaired) electrons. The molecule has 9 aromatic carbocycles. The molecule has 290 valence electrons. The lowest BCUT2D eigenvalue weighted by atomic mass is 9.81. The number of fused-ring (bicyclic) bond motifs is 6. The van der Waals surface area contributed by atoms with E-state index >= 15 is 0 Å². The normalized spacial score (nSPS) is 11.9. The molecular weight excluding hydrogens is 759 g/mol. The molecule has 11 rings (SSSR count). The average molecular weight is 800 g/mol. The molecule has 3 nitrogen and oxygen atoms in total. The van der Waals surface area contributed by atoms with Gasteiger partial charge in [-0.05, 0) is 138 Å². The molecule has 0 bridgehead atoms. The van der Waals surface area contributed by atoms with Crippen LogP contribution in [0.15, 0.2) is 231 Å². The molecule has 1 aliphatic carbocycles. The highest BCUT2D eigenvalue weighted by Crippen LogP contribution is 2.51. The number of hydrogen-bond acceptors (Lipinski definition) is 4. The maximum Gasteiger partial charge on any atom is 0.0564 e. The van der Waals surface area contributed by atoms with Gasteiger partial charge < -0.3 is 14.7 Å². The predicted molar refractivity (Wildman–Crippen MR) is 262 cm³/mol. The summed E-state index contributed by atoms with van der Waals surface area (Å²) in [5.74, 6) is 0. The van der Waals surface area contributed by atoms with E-state index in [4.69, 9.17) is 0 Å². The topological polar surface area (TPSA) is 9.72 Å². The molecule has 0 amide bonds. The fraction of sp³-hybridized carbons (Fsp3) is 0.0175. The first-order valence-corrected chi connectivity index (χ1v) is 21.6. The van der Waals surface area contributed by atoms with E-state index in [-0.39, 0.29) is 0 Å². The van der Waals surface area contributed by atoms with E-state index in [0.717, 1.165) is 63.2 Å². The van der Waals surface area contributed by atoms with Crippen LogP contribution in [0.1, 0.15) is 11.1 Å². The van der Waals surface area contributed by atoms with E-state index in [1.165, 1.54) is 42.4 Å². The fourth-order valence-electron chi connectivity index (χ4n) is 9.00. The Balaban J connectivity index is 1.13. The second kappa shape index (κ2) is 15.5.